The van der Waals surface area contributed by atoms with Crippen molar-refractivity contribution in [2.45, 2.75) is 51.6 Å². The van der Waals surface area contributed by atoms with E-state index in [1.165, 1.54) is 0 Å². The van der Waals surface area contributed by atoms with E-state index in [4.69, 9.17) is 20.2 Å². The van der Waals surface area contributed by atoms with E-state index in [2.05, 4.69) is 5.43 Å². The summed E-state index contributed by atoms with van der Waals surface area (Å²) in [7, 11) is 0. The Balaban J connectivity index is 1.36. The van der Waals surface area contributed by atoms with Gasteiger partial charge in [0.15, 0.2) is 5.69 Å². The Morgan fingerprint density at radius 1 is 0.974 bits per heavy atom. The molecule has 3 aromatic rings. The quantitative estimate of drug-likeness (QED) is 0.486. The first-order valence-electron chi connectivity index (χ1n) is 13.2. The van der Waals surface area contributed by atoms with Crippen LogP contribution in [0.2, 0.25) is 0 Å². The normalized spacial score (nSPS) is 17.9. The number of imidazole rings is 1. The molecule has 3 heterocycles. The van der Waals surface area contributed by atoms with Crippen molar-refractivity contribution in [2.75, 3.05) is 25.1 Å². The van der Waals surface area contributed by atoms with Crippen molar-refractivity contribution in [3.63, 3.8) is 0 Å². The molecule has 1 saturated heterocycles. The van der Waals surface area contributed by atoms with Gasteiger partial charge in [-0.15, -0.1) is 0 Å². The number of benzene rings is 2. The number of hydrogen-bond acceptors (Lipinski definition) is 6. The number of nitrogens with one attached hydrogen (secondary N) is 1. The summed E-state index contributed by atoms with van der Waals surface area (Å²) < 4.78 is 13.2. The van der Waals surface area contributed by atoms with Crippen molar-refractivity contribution in [2.24, 2.45) is 11.7 Å². The Bertz CT molecular complexity index is 1290. The molecule has 9 heteroatoms. The highest BCUT2D eigenvalue weighted by atomic mass is 16.6. The van der Waals surface area contributed by atoms with Crippen molar-refractivity contribution < 1.29 is 19.1 Å². The average Bonchev–Trinajstić information content (AvgIpc) is 3.29. The number of ether oxygens (including phenoxy) is 2. The smallest absolute Gasteiger partial charge is 0.410 e. The van der Waals surface area contributed by atoms with Gasteiger partial charge in [0.25, 0.3) is 5.91 Å². The number of nitrogens with zero attached hydrogens (tertiary/aromatic N) is 3. The number of fused-ring (bicyclic) bond motifs is 1. The number of rotatable bonds is 5. The Labute approximate surface area is 222 Å². The van der Waals surface area contributed by atoms with E-state index < -0.39 is 11.5 Å². The number of piperidine rings is 1. The van der Waals surface area contributed by atoms with E-state index >= 15 is 0 Å². The molecule has 2 aliphatic rings. The van der Waals surface area contributed by atoms with E-state index in [1.807, 2.05) is 75.4 Å². The molecule has 1 atom stereocenters. The molecular formula is C29H35N5O4. The number of primary amides is 1. The summed E-state index contributed by atoms with van der Waals surface area (Å²) in [6.45, 7) is 7.63. The first kappa shape index (κ1) is 25.6. The molecule has 200 valence electrons. The predicted octanol–water partition coefficient (Wildman–Crippen LogP) is 5.12. The summed E-state index contributed by atoms with van der Waals surface area (Å²) >= 11 is 0. The van der Waals surface area contributed by atoms with Crippen molar-refractivity contribution in [3.8, 4) is 22.8 Å². The number of nitrogens with two attached hydrogens (primary N) is 1. The highest BCUT2D eigenvalue weighted by Gasteiger charge is 2.37. The van der Waals surface area contributed by atoms with Crippen molar-refractivity contribution in [1.82, 2.24) is 14.6 Å². The fourth-order valence-corrected chi connectivity index (χ4v) is 5.30. The summed E-state index contributed by atoms with van der Waals surface area (Å²) in [4.78, 5) is 31.9. The molecule has 0 aliphatic carbocycles. The van der Waals surface area contributed by atoms with E-state index in [0.717, 1.165) is 36.4 Å². The Morgan fingerprint density at radius 2 is 1.63 bits per heavy atom. The summed E-state index contributed by atoms with van der Waals surface area (Å²) in [5, 5.41) is 0. The maximum Gasteiger partial charge on any atom is 0.410 e. The number of hydrogen-bond donors (Lipinski definition) is 2. The molecule has 1 unspecified atom stereocenters. The molecule has 1 aromatic heterocycles. The lowest BCUT2D eigenvalue weighted by atomic mass is 9.81. The molecule has 2 aromatic carbocycles. The highest BCUT2D eigenvalue weighted by molar-refractivity contribution is 5.97. The first-order chi connectivity index (χ1) is 18.2. The molecule has 9 nitrogen and oxygen atoms in total. The molecule has 2 aliphatic heterocycles. The van der Waals surface area contributed by atoms with E-state index in [-0.39, 0.29) is 12.0 Å². The van der Waals surface area contributed by atoms with E-state index in [9.17, 15) is 9.59 Å². The largest absolute Gasteiger partial charge is 0.457 e. The minimum atomic E-state index is -0.531. The minimum Gasteiger partial charge on any atom is -0.457 e. The van der Waals surface area contributed by atoms with Crippen LogP contribution >= 0.6 is 0 Å². The van der Waals surface area contributed by atoms with E-state index in [1.54, 1.807) is 9.58 Å². The molecule has 0 bridgehead atoms. The fourth-order valence-electron chi connectivity index (χ4n) is 5.30. The average molecular weight is 518 g/mol. The fraction of sp³-hybridized carbons (Fsp3) is 0.414. The van der Waals surface area contributed by atoms with Gasteiger partial charge < -0.3 is 25.5 Å². The van der Waals surface area contributed by atoms with Crippen molar-refractivity contribution in [1.29, 1.82) is 0 Å². The molecule has 5 rings (SSSR count). The van der Waals surface area contributed by atoms with Gasteiger partial charge in [-0.05, 0) is 82.3 Å². The van der Waals surface area contributed by atoms with Gasteiger partial charge in [-0.25, -0.2) is 14.5 Å². The van der Waals surface area contributed by atoms with Crippen LogP contribution in [-0.2, 0) is 4.74 Å². The van der Waals surface area contributed by atoms with Gasteiger partial charge in [0.1, 0.15) is 28.6 Å². The Morgan fingerprint density at radius 3 is 2.26 bits per heavy atom. The minimum absolute atomic E-state index is 0.157. The SMILES string of the molecule is CC(C)(C)OC(=O)N1CCC(C2CCNn3c2nc(-c2ccc(Oc4ccccc4)cc2)c3C(N)=O)CC1. The van der Waals surface area contributed by atoms with Crippen LogP contribution in [0.3, 0.4) is 0 Å². The Hall–Kier alpha value is -4.01. The monoisotopic (exact) mass is 517 g/mol. The van der Waals surface area contributed by atoms with Gasteiger partial charge in [-0.2, -0.15) is 0 Å². The third-order valence-electron chi connectivity index (χ3n) is 7.06. The number of carbonyl (C=O) groups excluding carboxylic acids is 2. The highest BCUT2D eigenvalue weighted by Crippen LogP contribution is 2.39. The molecule has 3 N–H and O–H groups in total. The van der Waals surface area contributed by atoms with Gasteiger partial charge in [-0.3, -0.25) is 4.79 Å². The second-order valence-electron chi connectivity index (χ2n) is 10.9. The molecule has 0 radical (unpaired) electrons. The number of carbonyl (C=O) groups is 2. The third kappa shape index (κ3) is 5.46. The number of likely N-dealkylation sites (tertiary alicyclic amines) is 1. The topological polar surface area (TPSA) is 112 Å². The number of amides is 2. The zero-order valence-electron chi connectivity index (χ0n) is 22.1. The van der Waals surface area contributed by atoms with Gasteiger partial charge in [0, 0.05) is 31.1 Å². The third-order valence-corrected chi connectivity index (χ3v) is 7.06. The first-order valence-corrected chi connectivity index (χ1v) is 13.2. The molecular weight excluding hydrogens is 482 g/mol. The van der Waals surface area contributed by atoms with Crippen LogP contribution in [-0.4, -0.2) is 51.8 Å². The van der Waals surface area contributed by atoms with Crippen molar-refractivity contribution in [3.05, 3.63) is 66.1 Å². The molecule has 0 saturated carbocycles. The van der Waals surface area contributed by atoms with E-state index in [0.29, 0.717) is 42.7 Å². The van der Waals surface area contributed by atoms with Gasteiger partial charge in [-0.1, -0.05) is 18.2 Å². The van der Waals surface area contributed by atoms with Crippen LogP contribution in [0.25, 0.3) is 11.3 Å². The maximum atomic E-state index is 12.6. The lowest BCUT2D eigenvalue weighted by molar-refractivity contribution is 0.0170. The molecule has 2 amide bonds. The molecule has 0 spiro atoms. The second kappa shape index (κ2) is 10.4. The zero-order valence-corrected chi connectivity index (χ0v) is 22.1. The molecule has 1 fully saturated rings. The predicted molar refractivity (Wildman–Crippen MR) is 145 cm³/mol. The number of para-hydroxylation sites is 1. The van der Waals surface area contributed by atoms with Gasteiger partial charge in [0.2, 0.25) is 0 Å². The number of aromatic nitrogens is 2. The van der Waals surface area contributed by atoms with Crippen molar-refractivity contribution >= 4 is 12.0 Å². The van der Waals surface area contributed by atoms with Crippen LogP contribution in [0.1, 0.15) is 62.3 Å². The lowest BCUT2D eigenvalue weighted by Gasteiger charge is -2.38. The second-order valence-corrected chi connectivity index (χ2v) is 10.9. The standard InChI is InChI=1S/C29H35N5O4/c1-29(2,3)38-28(36)33-17-14-19(15-18-33)23-13-16-31-34-25(26(30)35)24(32-27(23)34)20-9-11-22(12-10-20)37-21-7-5-4-6-8-21/h4-12,19,23,31H,13-18H2,1-3H3,(H2,30,35). The Kier molecular flexibility index (Phi) is 7.01. The van der Waals surface area contributed by atoms with Gasteiger partial charge in [0.05, 0.1) is 0 Å². The summed E-state index contributed by atoms with van der Waals surface area (Å²) in [6.07, 6.45) is 2.34. The molecule has 38 heavy (non-hydrogen) atoms. The lowest BCUT2D eigenvalue weighted by Crippen LogP contribution is -2.43. The summed E-state index contributed by atoms with van der Waals surface area (Å²) in [5.41, 5.74) is 10.4. The summed E-state index contributed by atoms with van der Waals surface area (Å²) in [5.74, 6) is 2.23. The van der Waals surface area contributed by atoms with Crippen LogP contribution in [0.5, 0.6) is 11.5 Å². The van der Waals surface area contributed by atoms with Gasteiger partial charge >= 0.3 is 6.09 Å². The van der Waals surface area contributed by atoms with Crippen LogP contribution in [0.15, 0.2) is 54.6 Å². The summed E-state index contributed by atoms with van der Waals surface area (Å²) in [6, 6.07) is 17.1. The van der Waals surface area contributed by atoms with Crippen LogP contribution in [0, 0.1) is 5.92 Å². The zero-order chi connectivity index (χ0) is 26.9. The van der Waals surface area contributed by atoms with Crippen LogP contribution < -0.4 is 15.9 Å². The maximum absolute atomic E-state index is 12.6. The van der Waals surface area contributed by atoms with Crippen LogP contribution in [0.4, 0.5) is 4.79 Å².